The van der Waals surface area contributed by atoms with E-state index in [2.05, 4.69) is 0 Å². The van der Waals surface area contributed by atoms with Crippen molar-refractivity contribution in [2.24, 2.45) is 0 Å². The van der Waals surface area contributed by atoms with Crippen LogP contribution in [0.4, 0.5) is 0 Å². The molecular formula is C14H14Na2O6S2. The van der Waals surface area contributed by atoms with Crippen molar-refractivity contribution in [1.82, 2.24) is 0 Å². The maximum absolute atomic E-state index is 11.7. The second-order valence-electron chi connectivity index (χ2n) is 4.34. The Bertz CT molecular complexity index is 841. The number of rotatable bonds is 4. The minimum atomic E-state index is -4.91. The van der Waals surface area contributed by atoms with Crippen LogP contribution in [0.3, 0.4) is 0 Å². The van der Waals surface area contributed by atoms with Crippen molar-refractivity contribution in [3.63, 3.8) is 0 Å². The first-order valence-corrected chi connectivity index (χ1v) is 8.89. The Morgan fingerprint density at radius 1 is 0.625 bits per heavy atom. The smallest absolute Gasteiger partial charge is 1.00 e. The van der Waals surface area contributed by atoms with Crippen LogP contribution in [-0.2, 0) is 20.2 Å². The van der Waals surface area contributed by atoms with E-state index in [9.17, 15) is 25.9 Å². The van der Waals surface area contributed by atoms with Gasteiger partial charge in [-0.15, -0.1) is 0 Å². The van der Waals surface area contributed by atoms with Gasteiger partial charge in [-0.1, -0.05) is 60.7 Å². The minimum Gasteiger partial charge on any atom is -1.00 e. The molecule has 0 heterocycles. The monoisotopic (exact) mass is 388 g/mol. The fourth-order valence-electron chi connectivity index (χ4n) is 1.97. The van der Waals surface area contributed by atoms with Crippen molar-refractivity contribution >= 4 is 30.0 Å². The zero-order chi connectivity index (χ0) is 16.4. The van der Waals surface area contributed by atoms with Crippen molar-refractivity contribution < 1.29 is 87.9 Å². The summed E-state index contributed by atoms with van der Waals surface area (Å²) < 4.78 is 65.8. The van der Waals surface area contributed by atoms with E-state index in [4.69, 9.17) is 0 Å². The molecule has 0 aliphatic carbocycles. The maximum Gasteiger partial charge on any atom is 1.00 e. The van der Waals surface area contributed by atoms with E-state index in [1.165, 1.54) is 48.5 Å². The van der Waals surface area contributed by atoms with E-state index in [0.717, 1.165) is 0 Å². The van der Waals surface area contributed by atoms with Gasteiger partial charge in [-0.2, -0.15) is 16.8 Å². The third-order valence-electron chi connectivity index (χ3n) is 2.79. The van der Waals surface area contributed by atoms with Gasteiger partial charge in [0.05, 0.1) is 0 Å². The summed E-state index contributed by atoms with van der Waals surface area (Å²) in [6.07, 6.45) is 0. The molecule has 0 saturated carbocycles. The van der Waals surface area contributed by atoms with Crippen LogP contribution >= 0.6 is 0 Å². The molecule has 0 aliphatic heterocycles. The van der Waals surface area contributed by atoms with E-state index in [-0.39, 0.29) is 73.1 Å². The molecule has 6 nitrogen and oxygen atoms in total. The summed E-state index contributed by atoms with van der Waals surface area (Å²) in [4.78, 5) is -1.75. The molecule has 10 heteroatoms. The molecule has 0 unspecified atom stereocenters. The van der Waals surface area contributed by atoms with Gasteiger partial charge in [0, 0.05) is 0 Å². The van der Waals surface area contributed by atoms with Crippen LogP contribution in [-0.4, -0.2) is 25.9 Å². The molecule has 2 aromatic carbocycles. The van der Waals surface area contributed by atoms with E-state index >= 15 is 0 Å². The van der Waals surface area contributed by atoms with Crippen molar-refractivity contribution in [3.8, 4) is 0 Å². The van der Waals surface area contributed by atoms with Crippen molar-refractivity contribution in [2.45, 2.75) is 0 Å². The van der Waals surface area contributed by atoms with Crippen LogP contribution in [0, 0.1) is 0 Å². The van der Waals surface area contributed by atoms with Gasteiger partial charge in [-0.05, 0) is 11.1 Å². The minimum absolute atomic E-state index is 0. The molecule has 2 aromatic rings. The van der Waals surface area contributed by atoms with Gasteiger partial charge in [0.25, 0.3) is 20.2 Å². The van der Waals surface area contributed by atoms with Gasteiger partial charge in [-0.3, -0.25) is 9.11 Å². The SMILES string of the molecule is O=S(=O)(O)C(=C(c1ccccc1)S(=O)(=O)O)c1ccccc1.[H-].[H-].[Na+].[Na+]. The number of benzene rings is 2. The van der Waals surface area contributed by atoms with Crippen molar-refractivity contribution in [2.75, 3.05) is 0 Å². The molecule has 0 bridgehead atoms. The van der Waals surface area contributed by atoms with Gasteiger partial charge in [-0.25, -0.2) is 0 Å². The Hall–Kier alpha value is 0.000000000000000444. The zero-order valence-corrected chi connectivity index (χ0v) is 18.8. The van der Waals surface area contributed by atoms with Crippen LogP contribution in [0.25, 0.3) is 9.81 Å². The molecular weight excluding hydrogens is 374 g/mol. The fraction of sp³-hybridized carbons (Fsp3) is 0. The standard InChI is InChI=1S/C14H12O6S2.2Na.2H/c15-21(16,17)13(11-7-3-1-4-8-11)14(22(18,19)20)12-9-5-2-6-10-12;;;;/h1-10H,(H,15,16,17)(H,18,19,20);;;;/q;2*+1;2*-1. The molecule has 24 heavy (non-hydrogen) atoms. The van der Waals surface area contributed by atoms with Crippen molar-refractivity contribution in [1.29, 1.82) is 0 Å². The number of hydrogen-bond acceptors (Lipinski definition) is 4. The molecule has 0 atom stereocenters. The molecule has 0 saturated heterocycles. The Morgan fingerprint density at radius 2 is 0.875 bits per heavy atom. The predicted molar refractivity (Wildman–Crippen MR) is 85.0 cm³/mol. The van der Waals surface area contributed by atoms with Crippen LogP contribution < -0.4 is 59.1 Å². The molecule has 2 rings (SSSR count). The third-order valence-corrected chi connectivity index (χ3v) is 4.83. The maximum atomic E-state index is 11.7. The predicted octanol–water partition coefficient (Wildman–Crippen LogP) is -3.48. The van der Waals surface area contributed by atoms with Crippen LogP contribution in [0.2, 0.25) is 0 Å². The largest absolute Gasteiger partial charge is 1.00 e. The number of hydrogen-bond donors (Lipinski definition) is 2. The molecule has 0 amide bonds. The zero-order valence-electron chi connectivity index (χ0n) is 15.1. The summed E-state index contributed by atoms with van der Waals surface area (Å²) in [6.45, 7) is 0. The van der Waals surface area contributed by atoms with Crippen LogP contribution in [0.5, 0.6) is 0 Å². The molecule has 0 radical (unpaired) electrons. The summed E-state index contributed by atoms with van der Waals surface area (Å²) in [6, 6.07) is 14.4. The van der Waals surface area contributed by atoms with Gasteiger partial charge in [0.2, 0.25) is 0 Å². The van der Waals surface area contributed by atoms with Gasteiger partial charge in [0.15, 0.2) is 0 Å². The van der Waals surface area contributed by atoms with Crippen LogP contribution in [0.1, 0.15) is 14.0 Å². The second kappa shape index (κ2) is 9.63. The summed E-state index contributed by atoms with van der Waals surface area (Å²) in [5.74, 6) is 0. The molecule has 0 aromatic heterocycles. The van der Waals surface area contributed by atoms with E-state index in [1.807, 2.05) is 0 Å². The molecule has 2 N–H and O–H groups in total. The Kier molecular flexibility index (Phi) is 9.63. The molecule has 0 spiro atoms. The fourth-order valence-corrected chi connectivity index (χ4v) is 4.18. The van der Waals surface area contributed by atoms with Crippen LogP contribution in [0.15, 0.2) is 60.7 Å². The topological polar surface area (TPSA) is 109 Å². The van der Waals surface area contributed by atoms with Crippen molar-refractivity contribution in [3.05, 3.63) is 71.8 Å². The Morgan fingerprint density at radius 3 is 1.08 bits per heavy atom. The molecule has 120 valence electrons. The first kappa shape index (κ1) is 24.0. The first-order chi connectivity index (χ1) is 10.2. The van der Waals surface area contributed by atoms with Gasteiger partial charge < -0.3 is 2.85 Å². The average Bonchev–Trinajstić information content (AvgIpc) is 2.44. The summed E-state index contributed by atoms with van der Waals surface area (Å²) in [5.41, 5.74) is -0.108. The third kappa shape index (κ3) is 6.06. The summed E-state index contributed by atoms with van der Waals surface area (Å²) in [7, 11) is -9.82. The Balaban J connectivity index is -0.00000132. The normalized spacial score (nSPS) is 12.4. The molecule has 0 aliphatic rings. The van der Waals surface area contributed by atoms with Gasteiger partial charge in [0.1, 0.15) is 9.81 Å². The first-order valence-electron chi connectivity index (χ1n) is 6.01. The van der Waals surface area contributed by atoms with E-state index in [1.54, 1.807) is 12.1 Å². The summed E-state index contributed by atoms with van der Waals surface area (Å²) in [5, 5.41) is 0. The van der Waals surface area contributed by atoms with E-state index in [0.29, 0.717) is 0 Å². The second-order valence-corrected chi connectivity index (χ2v) is 7.06. The van der Waals surface area contributed by atoms with Gasteiger partial charge >= 0.3 is 59.1 Å². The van der Waals surface area contributed by atoms with E-state index < -0.39 is 30.0 Å². The Labute approximate surface area is 188 Å². The average molecular weight is 388 g/mol. The molecule has 0 fully saturated rings. The summed E-state index contributed by atoms with van der Waals surface area (Å²) >= 11 is 0. The quantitative estimate of drug-likeness (QED) is 0.320.